The van der Waals surface area contributed by atoms with Gasteiger partial charge in [-0.05, 0) is 50.6 Å². The highest BCUT2D eigenvalue weighted by molar-refractivity contribution is 7.99. The van der Waals surface area contributed by atoms with Crippen molar-refractivity contribution in [2.45, 2.75) is 51.0 Å². The Hall–Kier alpha value is -2.91. The third-order valence-corrected chi connectivity index (χ3v) is 6.51. The zero-order valence-corrected chi connectivity index (χ0v) is 18.3. The van der Waals surface area contributed by atoms with Crippen molar-refractivity contribution in [3.05, 3.63) is 69.9 Å². The minimum absolute atomic E-state index is 0.0879. The maximum absolute atomic E-state index is 13.2. The zero-order chi connectivity index (χ0) is 21.4. The minimum Gasteiger partial charge on any atom is -0.455 e. The first-order valence-electron chi connectivity index (χ1n) is 10.2. The van der Waals surface area contributed by atoms with Crippen LogP contribution in [-0.4, -0.2) is 11.5 Å². The molecule has 1 atom stereocenters. The van der Waals surface area contributed by atoms with Crippen LogP contribution in [0.3, 0.4) is 0 Å². The summed E-state index contributed by atoms with van der Waals surface area (Å²) in [5.41, 5.74) is 11.5. The van der Waals surface area contributed by atoms with E-state index >= 15 is 0 Å². The van der Waals surface area contributed by atoms with E-state index in [0.717, 1.165) is 52.0 Å². The first-order valence-corrected chi connectivity index (χ1v) is 11.2. The van der Waals surface area contributed by atoms with E-state index in [-0.39, 0.29) is 5.78 Å². The van der Waals surface area contributed by atoms with Crippen molar-refractivity contribution >= 4 is 23.2 Å². The number of Topliss-reactive ketones (excluding diaryl/α,β-unsaturated/α-hetero) is 1. The molecule has 1 unspecified atom stereocenters. The summed E-state index contributed by atoms with van der Waals surface area (Å²) in [6.45, 7) is 5.97. The van der Waals surface area contributed by atoms with Gasteiger partial charge >= 0.3 is 0 Å². The van der Waals surface area contributed by atoms with Crippen LogP contribution in [0.4, 0.5) is 5.69 Å². The maximum Gasteiger partial charge on any atom is 0.164 e. The lowest BCUT2D eigenvalue weighted by Crippen LogP contribution is -2.38. The quantitative estimate of drug-likeness (QED) is 0.676. The summed E-state index contributed by atoms with van der Waals surface area (Å²) in [4.78, 5) is 15.1. The number of nitriles is 1. The van der Waals surface area contributed by atoms with Crippen LogP contribution in [0.1, 0.15) is 49.0 Å². The maximum atomic E-state index is 13.2. The highest BCUT2D eigenvalue weighted by Gasteiger charge is 2.41. The molecular formula is C24H25N3O2S. The molecule has 1 aromatic carbocycles. The van der Waals surface area contributed by atoms with Gasteiger partial charge in [-0.15, -0.1) is 0 Å². The van der Waals surface area contributed by atoms with E-state index < -0.39 is 5.92 Å². The molecule has 0 spiro atoms. The number of nitrogens with two attached hydrogens (primary N) is 1. The fourth-order valence-electron chi connectivity index (χ4n) is 4.34. The van der Waals surface area contributed by atoms with Gasteiger partial charge in [-0.25, -0.2) is 0 Å². The molecule has 2 heterocycles. The number of nitrogens with zero attached hydrogens (tertiary/aromatic N) is 2. The molecule has 2 aliphatic rings. The van der Waals surface area contributed by atoms with Crippen LogP contribution in [-0.2, 0) is 4.79 Å². The Bertz CT molecular complexity index is 1100. The number of aryl methyl sites for hydroxylation is 2. The number of rotatable bonds is 4. The number of thioether (sulfide) groups is 1. The molecule has 0 saturated carbocycles. The van der Waals surface area contributed by atoms with Crippen LogP contribution >= 0.6 is 11.8 Å². The molecule has 6 heteroatoms. The van der Waals surface area contributed by atoms with Gasteiger partial charge in [0.15, 0.2) is 10.9 Å². The molecule has 5 nitrogen and oxygen atoms in total. The van der Waals surface area contributed by atoms with Gasteiger partial charge in [0.05, 0.1) is 17.6 Å². The van der Waals surface area contributed by atoms with E-state index in [9.17, 15) is 10.1 Å². The summed E-state index contributed by atoms with van der Waals surface area (Å²) in [7, 11) is 0. The second-order valence-electron chi connectivity index (χ2n) is 7.68. The average molecular weight is 420 g/mol. The molecule has 154 valence electrons. The van der Waals surface area contributed by atoms with E-state index in [1.165, 1.54) is 0 Å². The van der Waals surface area contributed by atoms with Crippen molar-refractivity contribution < 1.29 is 9.21 Å². The summed E-state index contributed by atoms with van der Waals surface area (Å²) in [6, 6.07) is 12.3. The molecule has 30 heavy (non-hydrogen) atoms. The second-order valence-corrected chi connectivity index (χ2v) is 8.92. The van der Waals surface area contributed by atoms with Crippen LogP contribution in [0, 0.1) is 25.2 Å². The number of anilines is 1. The third-order valence-electron chi connectivity index (χ3n) is 5.64. The molecule has 1 aromatic heterocycles. The van der Waals surface area contributed by atoms with E-state index in [0.29, 0.717) is 23.4 Å². The molecule has 0 radical (unpaired) electrons. The van der Waals surface area contributed by atoms with Gasteiger partial charge in [-0.1, -0.05) is 36.4 Å². The largest absolute Gasteiger partial charge is 0.455 e. The molecular weight excluding hydrogens is 394 g/mol. The summed E-state index contributed by atoms with van der Waals surface area (Å²) >= 11 is 1.58. The highest BCUT2D eigenvalue weighted by atomic mass is 32.2. The van der Waals surface area contributed by atoms with Gasteiger partial charge in [0, 0.05) is 28.9 Å². The van der Waals surface area contributed by atoms with Gasteiger partial charge < -0.3 is 10.2 Å². The van der Waals surface area contributed by atoms with E-state index in [1.54, 1.807) is 11.8 Å². The molecule has 0 bridgehead atoms. The molecule has 0 saturated heterocycles. The summed E-state index contributed by atoms with van der Waals surface area (Å²) in [6.07, 6.45) is 2.02. The fraction of sp³-hybridized carbons (Fsp3) is 0.333. The fourth-order valence-corrected chi connectivity index (χ4v) is 5.14. The van der Waals surface area contributed by atoms with Gasteiger partial charge in [0.2, 0.25) is 0 Å². The Labute approximate surface area is 181 Å². The SMILES string of the molecule is CCSc1oc(C)cc1C1C(C#N)=C(N)N(c2ccc(C)cc2)C2=C1C(=O)CCC2. The molecule has 2 aromatic rings. The topological polar surface area (TPSA) is 83.3 Å². The summed E-state index contributed by atoms with van der Waals surface area (Å²) < 4.78 is 5.92. The van der Waals surface area contributed by atoms with E-state index in [2.05, 4.69) is 13.0 Å². The molecule has 2 N–H and O–H groups in total. The Morgan fingerprint density at radius 3 is 2.67 bits per heavy atom. The zero-order valence-electron chi connectivity index (χ0n) is 17.5. The van der Waals surface area contributed by atoms with Gasteiger partial charge in [0.25, 0.3) is 0 Å². The first kappa shape index (κ1) is 20.4. The first-order chi connectivity index (χ1) is 14.5. The smallest absolute Gasteiger partial charge is 0.164 e. The molecule has 4 rings (SSSR count). The number of hydrogen-bond acceptors (Lipinski definition) is 6. The lowest BCUT2D eigenvalue weighted by molar-refractivity contribution is -0.116. The predicted molar refractivity (Wildman–Crippen MR) is 119 cm³/mol. The van der Waals surface area contributed by atoms with Crippen molar-refractivity contribution in [2.75, 3.05) is 10.7 Å². The second kappa shape index (κ2) is 8.08. The normalized spacial score (nSPS) is 19.2. The molecule has 0 fully saturated rings. The van der Waals surface area contributed by atoms with Crippen molar-refractivity contribution in [1.82, 2.24) is 0 Å². The molecule has 0 amide bonds. The minimum atomic E-state index is -0.481. The Morgan fingerprint density at radius 1 is 1.27 bits per heavy atom. The third kappa shape index (κ3) is 3.33. The van der Waals surface area contributed by atoms with Crippen molar-refractivity contribution in [1.29, 1.82) is 5.26 Å². The lowest BCUT2D eigenvalue weighted by atomic mass is 9.76. The number of allylic oxidation sites excluding steroid dienone is 3. The summed E-state index contributed by atoms with van der Waals surface area (Å²) in [5, 5.41) is 10.9. The van der Waals surface area contributed by atoms with E-state index in [4.69, 9.17) is 10.2 Å². The van der Waals surface area contributed by atoms with Crippen LogP contribution in [0.5, 0.6) is 0 Å². The van der Waals surface area contributed by atoms with Crippen LogP contribution < -0.4 is 10.6 Å². The highest BCUT2D eigenvalue weighted by Crippen LogP contribution is 2.48. The standard InChI is InChI=1S/C24H25N3O2S/c1-4-30-24-17(12-15(3)29-24)21-18(13-25)23(26)27(16-10-8-14(2)9-11-16)19-6-5-7-20(28)22(19)21/h8-12,21H,4-7,26H2,1-3H3. The average Bonchev–Trinajstić information content (AvgIpc) is 3.08. The van der Waals surface area contributed by atoms with Crippen LogP contribution in [0.15, 0.2) is 62.5 Å². The number of carbonyl (C=O) groups excluding carboxylic acids is 1. The predicted octanol–water partition coefficient (Wildman–Crippen LogP) is 5.31. The Balaban J connectivity index is 1.96. The number of furan rings is 1. The number of ketones is 1. The van der Waals surface area contributed by atoms with Crippen molar-refractivity contribution in [3.8, 4) is 6.07 Å². The lowest BCUT2D eigenvalue weighted by Gasteiger charge is -2.39. The van der Waals surface area contributed by atoms with Gasteiger partial charge in [0.1, 0.15) is 11.6 Å². The van der Waals surface area contributed by atoms with E-state index in [1.807, 2.05) is 49.1 Å². The number of hydrogen-bond donors (Lipinski definition) is 1. The number of carbonyl (C=O) groups is 1. The summed E-state index contributed by atoms with van der Waals surface area (Å²) in [5.74, 6) is 1.61. The van der Waals surface area contributed by atoms with Crippen LogP contribution in [0.2, 0.25) is 0 Å². The van der Waals surface area contributed by atoms with Gasteiger partial charge in [-0.2, -0.15) is 5.26 Å². The van der Waals surface area contributed by atoms with Crippen molar-refractivity contribution in [2.24, 2.45) is 5.73 Å². The van der Waals surface area contributed by atoms with Gasteiger partial charge in [-0.3, -0.25) is 9.69 Å². The molecule has 1 aliphatic carbocycles. The molecule has 1 aliphatic heterocycles. The number of benzene rings is 1. The van der Waals surface area contributed by atoms with Crippen LogP contribution in [0.25, 0.3) is 0 Å². The van der Waals surface area contributed by atoms with Crippen molar-refractivity contribution in [3.63, 3.8) is 0 Å². The Morgan fingerprint density at radius 2 is 2.00 bits per heavy atom. The monoisotopic (exact) mass is 419 g/mol. The Kier molecular flexibility index (Phi) is 5.48.